The van der Waals surface area contributed by atoms with Gasteiger partial charge in [0.25, 0.3) is 0 Å². The summed E-state index contributed by atoms with van der Waals surface area (Å²) in [4.78, 5) is 24.2. The Labute approximate surface area is 228 Å². The Morgan fingerprint density at radius 2 is 2.00 bits per heavy atom. The summed E-state index contributed by atoms with van der Waals surface area (Å²) >= 11 is 12.4. The van der Waals surface area contributed by atoms with Crippen molar-refractivity contribution in [1.29, 1.82) is 0 Å². The quantitative estimate of drug-likeness (QED) is 0.277. The van der Waals surface area contributed by atoms with Crippen LogP contribution >= 0.6 is 23.2 Å². The third kappa shape index (κ3) is 4.37. The molecule has 4 aliphatic carbocycles. The number of halogens is 3. The van der Waals surface area contributed by atoms with E-state index in [-0.39, 0.29) is 27.7 Å². The fraction of sp³-hybridized carbons (Fsp3) is 0.500. The first-order valence-electron chi connectivity index (χ1n) is 12.7. The van der Waals surface area contributed by atoms with Crippen molar-refractivity contribution in [1.82, 2.24) is 19.6 Å². The standard InChI is InChI=1S/C26H27Cl2FN6O3/c1-15-23(28)24(35(37)38)32-34(15)26-8-16-4-17(9-26)7-25(6-16,14-26)10-22(36)31-20-11-30-33(13-20)12-18-2-3-19(29)5-21(18)27/h2-3,5,11,13,16-17H,4,6-10,12,14H2,1H3,(H,31,36). The van der Waals surface area contributed by atoms with Crippen molar-refractivity contribution in [2.75, 3.05) is 5.32 Å². The number of carbonyl (C=O) groups is 1. The molecule has 0 spiro atoms. The van der Waals surface area contributed by atoms with Gasteiger partial charge in [0.2, 0.25) is 5.91 Å². The summed E-state index contributed by atoms with van der Waals surface area (Å²) in [7, 11) is 0. The van der Waals surface area contributed by atoms with Gasteiger partial charge in [-0.1, -0.05) is 29.3 Å². The molecule has 0 aliphatic heterocycles. The number of aromatic nitrogens is 4. The van der Waals surface area contributed by atoms with Crippen LogP contribution in [-0.2, 0) is 16.9 Å². The van der Waals surface area contributed by atoms with Gasteiger partial charge in [0.15, 0.2) is 5.02 Å². The monoisotopic (exact) mass is 560 g/mol. The topological polar surface area (TPSA) is 108 Å². The summed E-state index contributed by atoms with van der Waals surface area (Å²) in [6.45, 7) is 2.14. The lowest BCUT2D eigenvalue weighted by Gasteiger charge is -2.61. The molecule has 9 nitrogen and oxygen atoms in total. The first-order chi connectivity index (χ1) is 18.0. The van der Waals surface area contributed by atoms with Gasteiger partial charge in [-0.05, 0) is 85.3 Å². The van der Waals surface area contributed by atoms with E-state index >= 15 is 0 Å². The molecule has 1 N–H and O–H groups in total. The minimum atomic E-state index is -0.528. The van der Waals surface area contributed by atoms with Crippen LogP contribution in [0.25, 0.3) is 0 Å². The lowest BCUT2D eigenvalue weighted by atomic mass is 9.46. The Hall–Kier alpha value is -2.98. The highest BCUT2D eigenvalue weighted by molar-refractivity contribution is 6.33. The minimum absolute atomic E-state index is 0.0809. The van der Waals surface area contributed by atoms with E-state index < -0.39 is 10.7 Å². The van der Waals surface area contributed by atoms with Gasteiger partial charge < -0.3 is 15.4 Å². The zero-order valence-electron chi connectivity index (χ0n) is 20.8. The summed E-state index contributed by atoms with van der Waals surface area (Å²) in [6, 6.07) is 4.23. The van der Waals surface area contributed by atoms with E-state index in [0.717, 1.165) is 44.1 Å². The molecule has 38 heavy (non-hydrogen) atoms. The molecule has 0 radical (unpaired) electrons. The van der Waals surface area contributed by atoms with Gasteiger partial charge in [-0.25, -0.2) is 4.39 Å². The number of anilines is 1. The fourth-order valence-corrected chi connectivity index (χ4v) is 8.20. The predicted molar refractivity (Wildman–Crippen MR) is 140 cm³/mol. The van der Waals surface area contributed by atoms with Gasteiger partial charge >= 0.3 is 5.82 Å². The number of nitrogens with zero attached hydrogens (tertiary/aromatic N) is 5. The van der Waals surface area contributed by atoms with Crippen LogP contribution < -0.4 is 5.32 Å². The summed E-state index contributed by atoms with van der Waals surface area (Å²) in [5, 5.41) is 23.6. The molecule has 3 aromatic rings. The molecule has 12 heteroatoms. The first-order valence-corrected chi connectivity index (χ1v) is 13.5. The van der Waals surface area contributed by atoms with Gasteiger partial charge in [0.05, 0.1) is 34.8 Å². The summed E-state index contributed by atoms with van der Waals surface area (Å²) < 4.78 is 16.8. The van der Waals surface area contributed by atoms with E-state index in [4.69, 9.17) is 23.2 Å². The summed E-state index contributed by atoms with van der Waals surface area (Å²) in [5.41, 5.74) is 1.38. The Kier molecular flexibility index (Phi) is 6.03. The first kappa shape index (κ1) is 25.3. The Bertz CT molecular complexity index is 1440. The number of benzene rings is 1. The molecule has 4 aliphatic rings. The molecule has 200 valence electrons. The largest absolute Gasteiger partial charge is 0.408 e. The molecule has 2 atom stereocenters. The van der Waals surface area contributed by atoms with Crippen LogP contribution in [0.5, 0.6) is 0 Å². The summed E-state index contributed by atoms with van der Waals surface area (Å²) in [5.74, 6) is 0.123. The molecule has 4 bridgehead atoms. The maximum Gasteiger partial charge on any atom is 0.408 e. The molecule has 2 unspecified atom stereocenters. The number of amides is 1. The van der Waals surface area contributed by atoms with Gasteiger partial charge in [0, 0.05) is 17.6 Å². The number of nitro groups is 1. The van der Waals surface area contributed by atoms with Crippen LogP contribution in [0.3, 0.4) is 0 Å². The second kappa shape index (κ2) is 9.05. The lowest BCUT2D eigenvalue weighted by molar-refractivity contribution is -0.389. The van der Waals surface area contributed by atoms with Crippen LogP contribution in [0, 0.1) is 40.1 Å². The van der Waals surface area contributed by atoms with Crippen molar-refractivity contribution in [3.05, 3.63) is 67.8 Å². The van der Waals surface area contributed by atoms with Crippen molar-refractivity contribution < 1.29 is 14.1 Å². The highest BCUT2D eigenvalue weighted by Crippen LogP contribution is 2.65. The van der Waals surface area contributed by atoms with E-state index in [2.05, 4.69) is 15.5 Å². The molecule has 7 rings (SSSR count). The van der Waals surface area contributed by atoms with Crippen molar-refractivity contribution in [3.8, 4) is 0 Å². The Morgan fingerprint density at radius 1 is 1.26 bits per heavy atom. The molecular weight excluding hydrogens is 534 g/mol. The SMILES string of the molecule is Cc1c(Cl)c([N+](=O)[O-])nn1C12CC3CC(CC(CC(=O)Nc4cnn(Cc5ccc(F)cc5Cl)c4)(C3)C1)C2. The van der Waals surface area contributed by atoms with Crippen LogP contribution in [0.4, 0.5) is 15.9 Å². The average Bonchev–Trinajstić information content (AvgIpc) is 3.38. The highest BCUT2D eigenvalue weighted by atomic mass is 35.5. The molecule has 2 aromatic heterocycles. The van der Waals surface area contributed by atoms with Crippen molar-refractivity contribution in [2.24, 2.45) is 17.3 Å². The van der Waals surface area contributed by atoms with Crippen LogP contribution in [-0.4, -0.2) is 30.4 Å². The van der Waals surface area contributed by atoms with E-state index in [1.165, 1.54) is 12.1 Å². The molecular formula is C26H27Cl2FN6O3. The molecule has 0 saturated heterocycles. The lowest BCUT2D eigenvalue weighted by Crippen LogP contribution is -2.57. The average molecular weight is 561 g/mol. The number of rotatable bonds is 7. The highest BCUT2D eigenvalue weighted by Gasteiger charge is 2.60. The molecule has 1 aromatic carbocycles. The predicted octanol–water partition coefficient (Wildman–Crippen LogP) is 6.11. The van der Waals surface area contributed by atoms with Gasteiger partial charge in [-0.2, -0.15) is 9.78 Å². The smallest absolute Gasteiger partial charge is 0.358 e. The molecule has 4 saturated carbocycles. The summed E-state index contributed by atoms with van der Waals surface area (Å²) in [6.07, 6.45) is 9.31. The fourth-order valence-electron chi connectivity index (χ4n) is 7.79. The number of carbonyl (C=O) groups excluding carboxylic acids is 1. The minimum Gasteiger partial charge on any atom is -0.358 e. The maximum atomic E-state index is 13.3. The van der Waals surface area contributed by atoms with E-state index in [9.17, 15) is 19.3 Å². The third-order valence-corrected chi connectivity index (χ3v) is 9.39. The van der Waals surface area contributed by atoms with E-state index in [0.29, 0.717) is 41.2 Å². The van der Waals surface area contributed by atoms with Crippen molar-refractivity contribution in [2.45, 2.75) is 64.0 Å². The van der Waals surface area contributed by atoms with Gasteiger partial charge in [-0.15, -0.1) is 0 Å². The second-order valence-corrected chi connectivity index (χ2v) is 12.2. The zero-order valence-corrected chi connectivity index (χ0v) is 22.3. The Balaban J connectivity index is 1.18. The molecule has 2 heterocycles. The third-order valence-electron chi connectivity index (χ3n) is 8.60. The maximum absolute atomic E-state index is 13.3. The number of hydrogen-bond donors (Lipinski definition) is 1. The number of hydrogen-bond acceptors (Lipinski definition) is 5. The van der Waals surface area contributed by atoms with Crippen LogP contribution in [0.1, 0.15) is 56.2 Å². The van der Waals surface area contributed by atoms with E-state index in [1.807, 2.05) is 4.68 Å². The van der Waals surface area contributed by atoms with Crippen LogP contribution in [0.2, 0.25) is 10.0 Å². The Morgan fingerprint density at radius 3 is 2.66 bits per heavy atom. The molecule has 1 amide bonds. The number of nitrogens with one attached hydrogen (secondary N) is 1. The normalized spacial score (nSPS) is 27.6. The second-order valence-electron chi connectivity index (χ2n) is 11.5. The van der Waals surface area contributed by atoms with Gasteiger partial charge in [0.1, 0.15) is 5.82 Å². The van der Waals surface area contributed by atoms with Gasteiger partial charge in [-0.3, -0.25) is 9.48 Å². The van der Waals surface area contributed by atoms with Crippen molar-refractivity contribution >= 4 is 40.6 Å². The van der Waals surface area contributed by atoms with E-state index in [1.54, 1.807) is 30.1 Å². The van der Waals surface area contributed by atoms with Crippen LogP contribution in [0.15, 0.2) is 30.6 Å². The molecule has 4 fully saturated rings. The van der Waals surface area contributed by atoms with Crippen molar-refractivity contribution in [3.63, 3.8) is 0 Å². The zero-order chi connectivity index (χ0) is 26.8.